The Kier molecular flexibility index (Phi) is 10.4. The number of fused-ring (bicyclic) bond motifs is 1. The minimum absolute atomic E-state index is 0.0893. The molecule has 1 aliphatic heterocycles. The molecule has 14 nitrogen and oxygen atoms in total. The monoisotopic (exact) mass is 645 g/mol. The summed E-state index contributed by atoms with van der Waals surface area (Å²) in [5.74, 6) is -2.75. The molecule has 0 spiro atoms. The molecule has 246 valence electrons. The standard InChI is InChI=1S/C33H35N5O9/c1-5-43-33(42)30-36-29(34-16-24(22-12-8-6-9-13-22)23-14-10-7-11-15-23)26-31(37-30)38(18-35-26)32-28(46-21(4)41)27(45-20(3)40)25(47-32)17-44-19(2)39/h6-15,18,24-25,27-28,32H,5,16-17H2,1-4H3,(H,34,36,37)/t25-,27-,28+,32+/m1/s1. The van der Waals surface area contributed by atoms with Crippen molar-refractivity contribution in [2.45, 2.75) is 58.2 Å². The fourth-order valence-electron chi connectivity index (χ4n) is 5.43. The van der Waals surface area contributed by atoms with E-state index in [2.05, 4.69) is 20.3 Å². The Labute approximate surface area is 270 Å². The number of aromatic nitrogens is 4. The van der Waals surface area contributed by atoms with Gasteiger partial charge in [0.05, 0.1) is 12.9 Å². The van der Waals surface area contributed by atoms with E-state index in [0.29, 0.717) is 6.54 Å². The van der Waals surface area contributed by atoms with E-state index in [1.54, 1.807) is 6.92 Å². The zero-order valence-electron chi connectivity index (χ0n) is 26.3. The lowest BCUT2D eigenvalue weighted by Gasteiger charge is -2.23. The summed E-state index contributed by atoms with van der Waals surface area (Å²) < 4.78 is 29.1. The van der Waals surface area contributed by atoms with E-state index in [9.17, 15) is 19.2 Å². The Hall–Kier alpha value is -5.37. The number of benzene rings is 2. The zero-order chi connectivity index (χ0) is 33.5. The lowest BCUT2D eigenvalue weighted by molar-refractivity contribution is -0.166. The van der Waals surface area contributed by atoms with E-state index in [1.165, 1.54) is 31.7 Å². The maximum absolute atomic E-state index is 12.9. The SMILES string of the molecule is CCOC(=O)c1nc(NCC(c2ccccc2)c2ccccc2)c2ncn([C@H]3O[C@H](COC(C)=O)[C@@H](OC(C)=O)[C@@H]3OC(C)=O)c2n1. The van der Waals surface area contributed by atoms with Gasteiger partial charge in [0, 0.05) is 33.2 Å². The summed E-state index contributed by atoms with van der Waals surface area (Å²) in [5.41, 5.74) is 2.56. The number of carbonyl (C=O) groups is 4. The molecular weight excluding hydrogens is 610 g/mol. The summed E-state index contributed by atoms with van der Waals surface area (Å²) >= 11 is 0. The fraction of sp³-hybridized carbons (Fsp3) is 0.364. The molecule has 0 bridgehead atoms. The molecule has 1 aliphatic rings. The lowest BCUT2D eigenvalue weighted by Crippen LogP contribution is -2.40. The minimum atomic E-state index is -1.19. The predicted octanol–water partition coefficient (Wildman–Crippen LogP) is 3.57. The molecule has 14 heteroatoms. The maximum Gasteiger partial charge on any atom is 0.376 e. The molecule has 0 unspecified atom stereocenters. The van der Waals surface area contributed by atoms with Crippen LogP contribution in [0.15, 0.2) is 67.0 Å². The Morgan fingerprint density at radius 3 is 2.04 bits per heavy atom. The van der Waals surface area contributed by atoms with E-state index in [4.69, 9.17) is 23.7 Å². The number of nitrogens with zero attached hydrogens (tertiary/aromatic N) is 4. The van der Waals surface area contributed by atoms with Gasteiger partial charge in [-0.05, 0) is 18.1 Å². The van der Waals surface area contributed by atoms with Gasteiger partial charge in [-0.25, -0.2) is 19.7 Å². The topological polar surface area (TPSA) is 170 Å². The van der Waals surface area contributed by atoms with E-state index in [0.717, 1.165) is 11.1 Å². The molecule has 0 amide bonds. The van der Waals surface area contributed by atoms with Crippen molar-refractivity contribution < 1.29 is 42.9 Å². The number of hydrogen-bond acceptors (Lipinski definition) is 13. The van der Waals surface area contributed by atoms with Crippen LogP contribution < -0.4 is 5.32 Å². The Morgan fingerprint density at radius 1 is 0.851 bits per heavy atom. The van der Waals surface area contributed by atoms with Crippen molar-refractivity contribution >= 4 is 40.9 Å². The van der Waals surface area contributed by atoms with Crippen LogP contribution in [-0.4, -0.2) is 81.5 Å². The van der Waals surface area contributed by atoms with E-state index < -0.39 is 48.4 Å². The molecule has 47 heavy (non-hydrogen) atoms. The van der Waals surface area contributed by atoms with E-state index in [1.807, 2.05) is 60.7 Å². The minimum Gasteiger partial charge on any atom is -0.463 e. The zero-order valence-corrected chi connectivity index (χ0v) is 26.3. The third kappa shape index (κ3) is 7.72. The van der Waals surface area contributed by atoms with E-state index in [-0.39, 0.29) is 41.9 Å². The molecule has 2 aromatic carbocycles. The third-order valence-electron chi connectivity index (χ3n) is 7.37. The molecule has 0 radical (unpaired) electrons. The number of anilines is 1. The summed E-state index contributed by atoms with van der Waals surface area (Å²) in [6.07, 6.45) is -3.08. The second-order valence-corrected chi connectivity index (χ2v) is 10.7. The summed E-state index contributed by atoms with van der Waals surface area (Å²) in [4.78, 5) is 62.3. The van der Waals surface area contributed by atoms with Crippen molar-refractivity contribution in [3.05, 3.63) is 83.9 Å². The average Bonchev–Trinajstić information content (AvgIpc) is 3.61. The first-order valence-corrected chi connectivity index (χ1v) is 15.0. The molecule has 4 atom stereocenters. The number of rotatable bonds is 12. The summed E-state index contributed by atoms with van der Waals surface area (Å²) in [7, 11) is 0. The second kappa shape index (κ2) is 14.8. The van der Waals surface area contributed by atoms with Gasteiger partial charge in [-0.15, -0.1) is 0 Å². The van der Waals surface area contributed by atoms with Gasteiger partial charge >= 0.3 is 23.9 Å². The van der Waals surface area contributed by atoms with Crippen molar-refractivity contribution in [1.82, 2.24) is 19.5 Å². The highest BCUT2D eigenvalue weighted by atomic mass is 16.7. The van der Waals surface area contributed by atoms with Gasteiger partial charge in [-0.1, -0.05) is 60.7 Å². The Bertz CT molecular complexity index is 1690. The quantitative estimate of drug-likeness (QED) is 0.175. The maximum atomic E-state index is 12.9. The highest BCUT2D eigenvalue weighted by Gasteiger charge is 2.51. The molecule has 1 saturated heterocycles. The normalized spacial score (nSPS) is 18.9. The molecule has 3 heterocycles. The van der Waals surface area contributed by atoms with Crippen molar-refractivity contribution in [3.8, 4) is 0 Å². The summed E-state index contributed by atoms with van der Waals surface area (Å²) in [6.45, 7) is 5.47. The van der Waals surface area contributed by atoms with Gasteiger partial charge < -0.3 is 29.0 Å². The van der Waals surface area contributed by atoms with Crippen LogP contribution in [0.4, 0.5) is 5.82 Å². The third-order valence-corrected chi connectivity index (χ3v) is 7.37. The first kappa shape index (κ1) is 33.0. The highest BCUT2D eigenvalue weighted by Crippen LogP contribution is 2.37. The van der Waals surface area contributed by atoms with E-state index >= 15 is 0 Å². The van der Waals surface area contributed by atoms with Crippen LogP contribution in [0, 0.1) is 0 Å². The van der Waals surface area contributed by atoms with Crippen LogP contribution >= 0.6 is 0 Å². The second-order valence-electron chi connectivity index (χ2n) is 10.7. The Morgan fingerprint density at radius 2 is 1.47 bits per heavy atom. The highest BCUT2D eigenvalue weighted by molar-refractivity contribution is 5.91. The van der Waals surface area contributed by atoms with Crippen LogP contribution in [0.2, 0.25) is 0 Å². The van der Waals surface area contributed by atoms with Gasteiger partial charge in [-0.3, -0.25) is 19.0 Å². The lowest BCUT2D eigenvalue weighted by atomic mass is 9.91. The molecule has 1 fully saturated rings. The molecule has 5 rings (SSSR count). The summed E-state index contributed by atoms with van der Waals surface area (Å²) in [6, 6.07) is 19.9. The predicted molar refractivity (Wildman–Crippen MR) is 166 cm³/mol. The number of imidazole rings is 1. The van der Waals surface area contributed by atoms with Crippen LogP contribution in [0.25, 0.3) is 11.2 Å². The van der Waals surface area contributed by atoms with Gasteiger partial charge in [0.2, 0.25) is 5.82 Å². The van der Waals surface area contributed by atoms with Crippen molar-refractivity contribution in [3.63, 3.8) is 0 Å². The first-order chi connectivity index (χ1) is 22.7. The molecule has 1 N–H and O–H groups in total. The van der Waals surface area contributed by atoms with Crippen LogP contribution in [0.5, 0.6) is 0 Å². The van der Waals surface area contributed by atoms with Gasteiger partial charge in [0.15, 0.2) is 35.4 Å². The molecular formula is C33H35N5O9. The smallest absolute Gasteiger partial charge is 0.376 e. The number of ether oxygens (including phenoxy) is 5. The summed E-state index contributed by atoms with van der Waals surface area (Å²) in [5, 5.41) is 3.36. The van der Waals surface area contributed by atoms with Gasteiger partial charge in [0.25, 0.3) is 0 Å². The molecule has 2 aromatic heterocycles. The molecule has 4 aromatic rings. The van der Waals surface area contributed by atoms with Crippen LogP contribution in [-0.2, 0) is 38.1 Å². The van der Waals surface area contributed by atoms with Crippen LogP contribution in [0.1, 0.15) is 61.6 Å². The van der Waals surface area contributed by atoms with Crippen LogP contribution in [0.3, 0.4) is 0 Å². The largest absolute Gasteiger partial charge is 0.463 e. The number of carbonyl (C=O) groups excluding carboxylic acids is 4. The molecule has 0 saturated carbocycles. The van der Waals surface area contributed by atoms with Crippen molar-refractivity contribution in [2.75, 3.05) is 25.1 Å². The number of nitrogens with one attached hydrogen (secondary N) is 1. The Balaban J connectivity index is 1.57. The molecule has 0 aliphatic carbocycles. The first-order valence-electron chi connectivity index (χ1n) is 15.0. The van der Waals surface area contributed by atoms with Gasteiger partial charge in [-0.2, -0.15) is 0 Å². The number of hydrogen-bond donors (Lipinski definition) is 1. The average molecular weight is 646 g/mol. The van der Waals surface area contributed by atoms with Gasteiger partial charge in [0.1, 0.15) is 12.7 Å². The van der Waals surface area contributed by atoms with Crippen molar-refractivity contribution in [2.24, 2.45) is 0 Å². The number of esters is 4. The fourth-order valence-corrected chi connectivity index (χ4v) is 5.43. The van der Waals surface area contributed by atoms with Crippen molar-refractivity contribution in [1.29, 1.82) is 0 Å².